The van der Waals surface area contributed by atoms with Crippen LogP contribution in [0.2, 0.25) is 0 Å². The first-order valence-corrected chi connectivity index (χ1v) is 7.29. The highest BCUT2D eigenvalue weighted by Gasteiger charge is 2.09. The van der Waals surface area contributed by atoms with E-state index >= 15 is 0 Å². The molecule has 0 saturated carbocycles. The van der Waals surface area contributed by atoms with Gasteiger partial charge in [0.05, 0.1) is 0 Å². The summed E-state index contributed by atoms with van der Waals surface area (Å²) in [7, 11) is 0. The third-order valence-corrected chi connectivity index (χ3v) is 3.32. The lowest BCUT2D eigenvalue weighted by Crippen LogP contribution is -2.00. The predicted molar refractivity (Wildman–Crippen MR) is 85.4 cm³/mol. The number of anilines is 1. The number of benzene rings is 1. The molecule has 0 unspecified atom stereocenters. The monoisotopic (exact) mass is 294 g/mol. The van der Waals surface area contributed by atoms with Crippen LogP contribution in [-0.2, 0) is 6.54 Å². The number of nitrogens with zero attached hydrogens (tertiary/aromatic N) is 3. The fourth-order valence-corrected chi connectivity index (χ4v) is 2.11. The Morgan fingerprint density at radius 2 is 2.00 bits per heavy atom. The zero-order valence-electron chi connectivity index (χ0n) is 12.7. The van der Waals surface area contributed by atoms with Gasteiger partial charge in [0.2, 0.25) is 0 Å². The van der Waals surface area contributed by atoms with Crippen LogP contribution in [0.1, 0.15) is 31.2 Å². The lowest BCUT2D eigenvalue weighted by Gasteiger charge is -2.05. The Balaban J connectivity index is 1.70. The number of rotatable bonds is 5. The molecule has 3 aromatic rings. The van der Waals surface area contributed by atoms with Crippen LogP contribution in [-0.4, -0.2) is 15.1 Å². The number of hydrogen-bond acceptors (Lipinski definition) is 5. The minimum atomic E-state index is 0.258. The number of nitrogens with one attached hydrogen (secondary N) is 1. The molecule has 2 aromatic heterocycles. The number of aromatic nitrogens is 3. The molecule has 22 heavy (non-hydrogen) atoms. The summed E-state index contributed by atoms with van der Waals surface area (Å²) in [4.78, 5) is 8.46. The molecule has 3 rings (SSSR count). The smallest absolute Gasteiger partial charge is 0.321 e. The normalized spacial score (nSPS) is 10.9. The zero-order valence-corrected chi connectivity index (χ0v) is 12.7. The van der Waals surface area contributed by atoms with Crippen molar-refractivity contribution in [3.8, 4) is 11.1 Å². The second kappa shape index (κ2) is 6.39. The van der Waals surface area contributed by atoms with Crippen molar-refractivity contribution in [1.82, 2.24) is 15.1 Å². The molecule has 0 aliphatic heterocycles. The van der Waals surface area contributed by atoms with Crippen LogP contribution in [0.15, 0.2) is 53.3 Å². The highest BCUT2D eigenvalue weighted by molar-refractivity contribution is 5.63. The van der Waals surface area contributed by atoms with Gasteiger partial charge in [-0.3, -0.25) is 4.98 Å². The summed E-state index contributed by atoms with van der Waals surface area (Å²) in [6, 6.07) is 12.7. The van der Waals surface area contributed by atoms with Crippen molar-refractivity contribution in [2.45, 2.75) is 26.3 Å². The molecule has 0 spiro atoms. The van der Waals surface area contributed by atoms with Gasteiger partial charge in [0.25, 0.3) is 0 Å². The zero-order chi connectivity index (χ0) is 15.4. The van der Waals surface area contributed by atoms with E-state index in [1.807, 2.05) is 38.2 Å². The summed E-state index contributed by atoms with van der Waals surface area (Å²) in [5, 5.41) is 7.10. The average Bonchev–Trinajstić information content (AvgIpc) is 3.03. The van der Waals surface area contributed by atoms with Crippen LogP contribution in [0.5, 0.6) is 0 Å². The second-order valence-electron chi connectivity index (χ2n) is 5.41. The summed E-state index contributed by atoms with van der Waals surface area (Å²) in [5.74, 6) is 0.972. The third kappa shape index (κ3) is 3.31. The summed E-state index contributed by atoms with van der Waals surface area (Å²) in [5.41, 5.74) is 3.38. The van der Waals surface area contributed by atoms with Crippen molar-refractivity contribution in [3.63, 3.8) is 0 Å². The first kappa shape index (κ1) is 14.3. The van der Waals surface area contributed by atoms with Crippen molar-refractivity contribution in [3.05, 3.63) is 60.2 Å². The summed E-state index contributed by atoms with van der Waals surface area (Å²) >= 11 is 0. The Morgan fingerprint density at radius 1 is 1.14 bits per heavy atom. The van der Waals surface area contributed by atoms with Gasteiger partial charge in [-0.05, 0) is 28.8 Å². The van der Waals surface area contributed by atoms with Gasteiger partial charge in [-0.15, -0.1) is 0 Å². The van der Waals surface area contributed by atoms with E-state index in [1.165, 1.54) is 0 Å². The van der Waals surface area contributed by atoms with Gasteiger partial charge in [0.1, 0.15) is 0 Å². The quantitative estimate of drug-likeness (QED) is 0.774. The van der Waals surface area contributed by atoms with E-state index in [0.29, 0.717) is 18.4 Å². The van der Waals surface area contributed by atoms with E-state index in [2.05, 4.69) is 38.6 Å². The molecule has 5 heteroatoms. The lowest BCUT2D eigenvalue weighted by atomic mass is 10.0. The van der Waals surface area contributed by atoms with Gasteiger partial charge in [-0.25, -0.2) is 0 Å². The van der Waals surface area contributed by atoms with Gasteiger partial charge < -0.3 is 9.84 Å². The fraction of sp³-hybridized carbons (Fsp3) is 0.235. The molecule has 2 heterocycles. The van der Waals surface area contributed by atoms with Gasteiger partial charge in [-0.1, -0.05) is 43.3 Å². The van der Waals surface area contributed by atoms with Crippen LogP contribution >= 0.6 is 0 Å². The largest absolute Gasteiger partial charge is 0.334 e. The molecule has 0 amide bonds. The van der Waals surface area contributed by atoms with Gasteiger partial charge >= 0.3 is 6.01 Å². The van der Waals surface area contributed by atoms with E-state index in [4.69, 9.17) is 4.52 Å². The Labute approximate surface area is 129 Å². The molecule has 0 atom stereocenters. The molecule has 0 saturated heterocycles. The maximum Gasteiger partial charge on any atom is 0.321 e. The van der Waals surface area contributed by atoms with Crippen molar-refractivity contribution in [1.29, 1.82) is 0 Å². The van der Waals surface area contributed by atoms with E-state index in [9.17, 15) is 0 Å². The number of hydrogen-bond donors (Lipinski definition) is 1. The molecule has 0 radical (unpaired) electrons. The molecule has 0 fully saturated rings. The topological polar surface area (TPSA) is 63.8 Å². The standard InChI is InChI=1S/C17H18N4O/c1-12(2)16-20-17(22-21-16)19-10-13-5-3-6-14(9-13)15-7-4-8-18-11-15/h3-9,11-12H,10H2,1-2H3,(H,19,20,21). The minimum absolute atomic E-state index is 0.258. The summed E-state index contributed by atoms with van der Waals surface area (Å²) < 4.78 is 5.18. The first-order valence-electron chi connectivity index (χ1n) is 7.29. The van der Waals surface area contributed by atoms with E-state index in [1.54, 1.807) is 6.20 Å². The first-order chi connectivity index (χ1) is 10.7. The molecule has 0 bridgehead atoms. The van der Waals surface area contributed by atoms with Crippen LogP contribution < -0.4 is 5.32 Å². The maximum absolute atomic E-state index is 5.18. The SMILES string of the molecule is CC(C)c1noc(NCc2cccc(-c3cccnc3)c2)n1. The molecule has 112 valence electrons. The number of pyridine rings is 1. The average molecular weight is 294 g/mol. The van der Waals surface area contributed by atoms with Crippen LogP contribution in [0.3, 0.4) is 0 Å². The van der Waals surface area contributed by atoms with E-state index in [-0.39, 0.29) is 5.92 Å². The van der Waals surface area contributed by atoms with Crippen molar-refractivity contribution >= 4 is 6.01 Å². The van der Waals surface area contributed by atoms with Gasteiger partial charge in [0, 0.05) is 24.9 Å². The van der Waals surface area contributed by atoms with Crippen LogP contribution in [0.25, 0.3) is 11.1 Å². The lowest BCUT2D eigenvalue weighted by molar-refractivity contribution is 0.419. The highest BCUT2D eigenvalue weighted by Crippen LogP contribution is 2.20. The van der Waals surface area contributed by atoms with E-state index in [0.717, 1.165) is 16.7 Å². The molecule has 0 aliphatic carbocycles. The minimum Gasteiger partial charge on any atom is -0.334 e. The molecule has 5 nitrogen and oxygen atoms in total. The summed E-state index contributed by atoms with van der Waals surface area (Å²) in [6.45, 7) is 4.70. The predicted octanol–water partition coefficient (Wildman–Crippen LogP) is 3.87. The van der Waals surface area contributed by atoms with Crippen molar-refractivity contribution < 1.29 is 4.52 Å². The van der Waals surface area contributed by atoms with Gasteiger partial charge in [-0.2, -0.15) is 4.98 Å². The Kier molecular flexibility index (Phi) is 4.14. The second-order valence-corrected chi connectivity index (χ2v) is 5.41. The molecule has 1 N–H and O–H groups in total. The molecular weight excluding hydrogens is 276 g/mol. The highest BCUT2D eigenvalue weighted by atomic mass is 16.5. The maximum atomic E-state index is 5.18. The van der Waals surface area contributed by atoms with Crippen LogP contribution in [0, 0.1) is 0 Å². The molecule has 0 aliphatic rings. The Bertz CT molecular complexity index is 737. The molecular formula is C17H18N4O. The Morgan fingerprint density at radius 3 is 2.73 bits per heavy atom. The fourth-order valence-electron chi connectivity index (χ4n) is 2.11. The van der Waals surface area contributed by atoms with Crippen LogP contribution in [0.4, 0.5) is 6.01 Å². The summed E-state index contributed by atoms with van der Waals surface area (Å²) in [6.07, 6.45) is 3.64. The van der Waals surface area contributed by atoms with Crippen molar-refractivity contribution in [2.24, 2.45) is 0 Å². The van der Waals surface area contributed by atoms with Crippen molar-refractivity contribution in [2.75, 3.05) is 5.32 Å². The van der Waals surface area contributed by atoms with Gasteiger partial charge in [0.15, 0.2) is 5.82 Å². The van der Waals surface area contributed by atoms with E-state index < -0.39 is 0 Å². The Hall–Kier alpha value is -2.69. The molecule has 1 aromatic carbocycles. The third-order valence-electron chi connectivity index (χ3n) is 3.32.